The van der Waals surface area contributed by atoms with Gasteiger partial charge < -0.3 is 15.1 Å². The predicted molar refractivity (Wildman–Crippen MR) is 97.7 cm³/mol. The fourth-order valence-corrected chi connectivity index (χ4v) is 4.66. The lowest BCUT2D eigenvalue weighted by Gasteiger charge is -2.28. The summed E-state index contributed by atoms with van der Waals surface area (Å²) in [6, 6.07) is 1.54. The molecule has 1 N–H and O–H groups in total. The number of aromatic nitrogens is 2. The van der Waals surface area contributed by atoms with Gasteiger partial charge in [0.2, 0.25) is 0 Å². The van der Waals surface area contributed by atoms with Gasteiger partial charge in [-0.1, -0.05) is 0 Å². The normalized spacial score (nSPS) is 19.2. The molecule has 1 aliphatic rings. The third-order valence-corrected chi connectivity index (χ3v) is 5.94. The van der Waals surface area contributed by atoms with Crippen LogP contribution in [-0.2, 0) is 9.84 Å². The molecular weight excluding hydrogens is 342 g/mol. The van der Waals surface area contributed by atoms with Crippen LogP contribution in [0.1, 0.15) is 29.7 Å². The van der Waals surface area contributed by atoms with E-state index in [1.807, 2.05) is 30.8 Å². The number of likely N-dealkylation sites (N-methyl/N-ethyl adjacent to an activating group) is 1. The largest absolute Gasteiger partial charge is 0.353 e. The molecule has 140 valence electrons. The van der Waals surface area contributed by atoms with Gasteiger partial charge in [0.1, 0.15) is 17.3 Å². The Bertz CT molecular complexity index is 720. The number of rotatable bonds is 7. The van der Waals surface area contributed by atoms with E-state index < -0.39 is 9.84 Å². The average molecular weight is 369 g/mol. The van der Waals surface area contributed by atoms with Gasteiger partial charge in [-0.3, -0.25) is 4.79 Å². The van der Waals surface area contributed by atoms with E-state index in [4.69, 9.17) is 0 Å². The van der Waals surface area contributed by atoms with Crippen LogP contribution >= 0.6 is 0 Å². The van der Waals surface area contributed by atoms with Crippen LogP contribution in [0.25, 0.3) is 0 Å². The van der Waals surface area contributed by atoms with Crippen molar-refractivity contribution in [3.63, 3.8) is 0 Å². The van der Waals surface area contributed by atoms with Crippen molar-refractivity contribution in [3.05, 3.63) is 17.6 Å². The summed E-state index contributed by atoms with van der Waals surface area (Å²) in [7, 11) is 0.892. The van der Waals surface area contributed by atoms with Crippen molar-refractivity contribution in [2.45, 2.75) is 26.3 Å². The van der Waals surface area contributed by atoms with E-state index in [0.29, 0.717) is 36.8 Å². The monoisotopic (exact) mass is 369 g/mol. The van der Waals surface area contributed by atoms with Gasteiger partial charge in [-0.05, 0) is 34.4 Å². The number of aryl methyl sites for hydroxylation is 1. The van der Waals surface area contributed by atoms with Gasteiger partial charge in [0, 0.05) is 31.7 Å². The second kappa shape index (κ2) is 8.09. The van der Waals surface area contributed by atoms with E-state index in [2.05, 4.69) is 15.3 Å². The highest BCUT2D eigenvalue weighted by atomic mass is 32.2. The van der Waals surface area contributed by atoms with Crippen LogP contribution in [0, 0.1) is 6.92 Å². The third kappa shape index (κ3) is 5.37. The molecule has 1 aromatic heterocycles. The maximum Gasteiger partial charge on any atom is 0.270 e. The van der Waals surface area contributed by atoms with Crippen molar-refractivity contribution in [1.29, 1.82) is 0 Å². The summed E-state index contributed by atoms with van der Waals surface area (Å²) in [5.74, 6) is 1.19. The molecule has 1 amide bonds. The highest BCUT2D eigenvalue weighted by Gasteiger charge is 2.32. The molecule has 1 aromatic rings. The van der Waals surface area contributed by atoms with Crippen molar-refractivity contribution in [2.24, 2.45) is 0 Å². The van der Waals surface area contributed by atoms with Crippen LogP contribution in [0.3, 0.4) is 0 Å². The molecule has 0 bridgehead atoms. The lowest BCUT2D eigenvalue weighted by Crippen LogP contribution is -2.37. The summed E-state index contributed by atoms with van der Waals surface area (Å²) < 4.78 is 23.6. The Morgan fingerprint density at radius 3 is 2.64 bits per heavy atom. The molecule has 0 spiro atoms. The topological polar surface area (TPSA) is 95.5 Å². The number of sulfone groups is 1. The fourth-order valence-electron chi connectivity index (χ4n) is 2.93. The molecule has 8 nitrogen and oxygen atoms in total. The van der Waals surface area contributed by atoms with Crippen molar-refractivity contribution in [1.82, 2.24) is 20.2 Å². The Labute approximate surface area is 149 Å². The summed E-state index contributed by atoms with van der Waals surface area (Å²) in [5, 5.41) is 2.84. The molecule has 2 heterocycles. The Hall–Kier alpha value is -1.74. The zero-order valence-electron chi connectivity index (χ0n) is 15.3. The molecule has 9 heteroatoms. The zero-order chi connectivity index (χ0) is 18.6. The molecule has 1 fully saturated rings. The second-order valence-corrected chi connectivity index (χ2v) is 8.79. The van der Waals surface area contributed by atoms with Gasteiger partial charge in [0.25, 0.3) is 5.91 Å². The van der Waals surface area contributed by atoms with Crippen molar-refractivity contribution < 1.29 is 13.2 Å². The number of hydrogen-bond acceptors (Lipinski definition) is 7. The van der Waals surface area contributed by atoms with Crippen molar-refractivity contribution >= 4 is 21.6 Å². The Kier molecular flexibility index (Phi) is 6.34. The van der Waals surface area contributed by atoms with E-state index >= 15 is 0 Å². The van der Waals surface area contributed by atoms with E-state index in [0.717, 1.165) is 6.54 Å². The Morgan fingerprint density at radius 2 is 2.08 bits per heavy atom. The number of hydrogen-bond donors (Lipinski definition) is 1. The first-order chi connectivity index (χ1) is 11.7. The highest BCUT2D eigenvalue weighted by Crippen LogP contribution is 2.23. The SMILES string of the molecule is CCN(c1cc(C(=O)NCCN(C)C)nc(C)n1)C1CCS(=O)(=O)C1. The molecule has 0 aromatic carbocycles. The van der Waals surface area contributed by atoms with E-state index in [-0.39, 0.29) is 23.5 Å². The molecule has 1 unspecified atom stereocenters. The quantitative estimate of drug-likeness (QED) is 0.728. The number of carbonyl (C=O) groups is 1. The van der Waals surface area contributed by atoms with Gasteiger partial charge in [-0.25, -0.2) is 18.4 Å². The van der Waals surface area contributed by atoms with E-state index in [1.165, 1.54) is 0 Å². The average Bonchev–Trinajstić information content (AvgIpc) is 2.87. The first-order valence-electron chi connectivity index (χ1n) is 8.47. The minimum atomic E-state index is -2.98. The van der Waals surface area contributed by atoms with Crippen LogP contribution in [0.15, 0.2) is 6.07 Å². The summed E-state index contributed by atoms with van der Waals surface area (Å²) in [5.41, 5.74) is 0.306. The minimum Gasteiger partial charge on any atom is -0.353 e. The molecule has 1 atom stereocenters. The van der Waals surface area contributed by atoms with E-state index in [1.54, 1.807) is 13.0 Å². The van der Waals surface area contributed by atoms with Crippen LogP contribution in [0.4, 0.5) is 5.82 Å². The van der Waals surface area contributed by atoms with Crippen molar-refractivity contribution in [3.8, 4) is 0 Å². The summed E-state index contributed by atoms with van der Waals surface area (Å²) in [4.78, 5) is 24.9. The highest BCUT2D eigenvalue weighted by molar-refractivity contribution is 7.91. The standard InChI is InChI=1S/C16H27N5O3S/c1-5-21(13-6-9-25(23,24)11-13)15-10-14(18-12(2)19-15)16(22)17-7-8-20(3)4/h10,13H,5-9,11H2,1-4H3,(H,17,22). The Morgan fingerprint density at radius 1 is 1.36 bits per heavy atom. The van der Waals surface area contributed by atoms with E-state index in [9.17, 15) is 13.2 Å². The number of nitrogens with zero attached hydrogens (tertiary/aromatic N) is 4. The van der Waals surface area contributed by atoms with Crippen molar-refractivity contribution in [2.75, 3.05) is 50.1 Å². The maximum absolute atomic E-state index is 12.3. The van der Waals surface area contributed by atoms with Crippen LogP contribution in [0.2, 0.25) is 0 Å². The first-order valence-corrected chi connectivity index (χ1v) is 10.3. The number of carbonyl (C=O) groups excluding carboxylic acids is 1. The minimum absolute atomic E-state index is 0.103. The van der Waals surface area contributed by atoms with Crippen LogP contribution in [-0.4, -0.2) is 80.5 Å². The molecular formula is C16H27N5O3S. The fraction of sp³-hybridized carbons (Fsp3) is 0.688. The van der Waals surface area contributed by atoms with Gasteiger partial charge in [0.15, 0.2) is 9.84 Å². The second-order valence-electron chi connectivity index (χ2n) is 6.56. The van der Waals surface area contributed by atoms with Gasteiger partial charge >= 0.3 is 0 Å². The Balaban J connectivity index is 2.18. The summed E-state index contributed by atoms with van der Waals surface area (Å²) in [6.07, 6.45) is 0.587. The molecule has 1 aliphatic heterocycles. The van der Waals surface area contributed by atoms with Crippen LogP contribution < -0.4 is 10.2 Å². The predicted octanol–water partition coefficient (Wildman–Crippen LogP) is 0.0898. The molecule has 1 saturated heterocycles. The lowest BCUT2D eigenvalue weighted by molar-refractivity contribution is 0.0945. The van der Waals surface area contributed by atoms with Gasteiger partial charge in [-0.15, -0.1) is 0 Å². The number of amides is 1. The lowest BCUT2D eigenvalue weighted by atomic mass is 10.2. The molecule has 0 saturated carbocycles. The smallest absolute Gasteiger partial charge is 0.270 e. The van der Waals surface area contributed by atoms with Crippen LogP contribution in [0.5, 0.6) is 0 Å². The molecule has 25 heavy (non-hydrogen) atoms. The molecule has 2 rings (SSSR count). The first kappa shape index (κ1) is 19.6. The summed E-state index contributed by atoms with van der Waals surface area (Å²) in [6.45, 7) is 5.59. The molecule has 0 radical (unpaired) electrons. The number of nitrogens with one attached hydrogen (secondary N) is 1. The van der Waals surface area contributed by atoms with Gasteiger partial charge in [0.05, 0.1) is 11.5 Å². The summed E-state index contributed by atoms with van der Waals surface area (Å²) >= 11 is 0. The molecule has 0 aliphatic carbocycles. The maximum atomic E-state index is 12.3. The zero-order valence-corrected chi connectivity index (χ0v) is 16.1. The van der Waals surface area contributed by atoms with Gasteiger partial charge in [-0.2, -0.15) is 0 Å². The number of anilines is 1. The third-order valence-electron chi connectivity index (χ3n) is 4.19.